The van der Waals surface area contributed by atoms with E-state index in [0.29, 0.717) is 24.0 Å². The van der Waals surface area contributed by atoms with Crippen molar-refractivity contribution in [2.24, 2.45) is 11.8 Å². The van der Waals surface area contributed by atoms with Crippen LogP contribution in [0.4, 0.5) is 0 Å². The number of carbonyl (C=O) groups excluding carboxylic acids is 3. The highest BCUT2D eigenvalue weighted by molar-refractivity contribution is 6.25. The molecule has 6 atom stereocenters. The molecule has 3 N–H and O–H groups in total. The van der Waals surface area contributed by atoms with Crippen LogP contribution in [0.3, 0.4) is 0 Å². The Morgan fingerprint density at radius 1 is 1.28 bits per heavy atom. The number of fused-ring (bicyclic) bond motifs is 3. The zero-order valence-electron chi connectivity index (χ0n) is 19.7. The standard InChI is InChI=1S/C25H34O7/c1-7-12(2)8-14(4)22(29)32-25(6)21(28)20-16-10-15(26)9-13(3)19(16)18(27)11-17(20)24(5,31)23(25)30/h11-15,26-27,31H,7-10H2,1-6H3. The molecule has 2 aliphatic rings. The average molecular weight is 447 g/mol. The molecule has 7 nitrogen and oxygen atoms in total. The van der Waals surface area contributed by atoms with Gasteiger partial charge in [-0.25, -0.2) is 0 Å². The van der Waals surface area contributed by atoms with E-state index in [-0.39, 0.29) is 35.1 Å². The number of phenols is 1. The summed E-state index contributed by atoms with van der Waals surface area (Å²) in [6, 6.07) is 1.26. The van der Waals surface area contributed by atoms with Gasteiger partial charge >= 0.3 is 5.97 Å². The maximum atomic E-state index is 13.7. The first-order valence-electron chi connectivity index (χ1n) is 11.4. The number of esters is 1. The molecule has 0 spiro atoms. The molecule has 0 aliphatic heterocycles. The first kappa shape index (κ1) is 24.4. The second-order valence-corrected chi connectivity index (χ2v) is 10.0. The predicted molar refractivity (Wildman–Crippen MR) is 117 cm³/mol. The van der Waals surface area contributed by atoms with Crippen molar-refractivity contribution in [3.63, 3.8) is 0 Å². The Bertz CT molecular complexity index is 964. The number of phenolic OH excluding ortho intramolecular Hbond substituents is 1. The topological polar surface area (TPSA) is 121 Å². The average Bonchev–Trinajstić information content (AvgIpc) is 2.70. The van der Waals surface area contributed by atoms with Crippen LogP contribution in [-0.4, -0.2) is 44.6 Å². The Balaban J connectivity index is 2.12. The van der Waals surface area contributed by atoms with Gasteiger partial charge < -0.3 is 20.1 Å². The summed E-state index contributed by atoms with van der Waals surface area (Å²) < 4.78 is 5.55. The summed E-state index contributed by atoms with van der Waals surface area (Å²) in [7, 11) is 0. The fraction of sp³-hybridized carbons (Fsp3) is 0.640. The molecule has 0 radical (unpaired) electrons. The zero-order chi connectivity index (χ0) is 24.2. The van der Waals surface area contributed by atoms with E-state index in [2.05, 4.69) is 0 Å². The van der Waals surface area contributed by atoms with E-state index in [9.17, 15) is 29.7 Å². The number of benzene rings is 1. The minimum atomic E-state index is -2.20. The fourth-order valence-corrected chi connectivity index (χ4v) is 5.18. The van der Waals surface area contributed by atoms with Crippen LogP contribution < -0.4 is 0 Å². The quantitative estimate of drug-likeness (QED) is 0.469. The smallest absolute Gasteiger partial charge is 0.310 e. The third-order valence-corrected chi connectivity index (χ3v) is 7.23. The van der Waals surface area contributed by atoms with E-state index < -0.39 is 40.8 Å². The highest BCUT2D eigenvalue weighted by atomic mass is 16.6. The number of hydrogen-bond acceptors (Lipinski definition) is 7. The van der Waals surface area contributed by atoms with Crippen LogP contribution in [0.25, 0.3) is 0 Å². The van der Waals surface area contributed by atoms with Crippen LogP contribution >= 0.6 is 0 Å². The molecule has 1 aromatic rings. The van der Waals surface area contributed by atoms with Crippen LogP contribution in [0.5, 0.6) is 5.75 Å². The van der Waals surface area contributed by atoms with Gasteiger partial charge in [0.2, 0.25) is 17.2 Å². The second kappa shape index (κ2) is 8.27. The highest BCUT2D eigenvalue weighted by Crippen LogP contribution is 2.48. The minimum Gasteiger partial charge on any atom is -0.508 e. The molecule has 0 fully saturated rings. The van der Waals surface area contributed by atoms with Crippen LogP contribution in [0.15, 0.2) is 6.07 Å². The van der Waals surface area contributed by atoms with Gasteiger partial charge in [-0.2, -0.15) is 0 Å². The number of aromatic hydroxyl groups is 1. The van der Waals surface area contributed by atoms with E-state index in [4.69, 9.17) is 4.74 Å². The van der Waals surface area contributed by atoms with E-state index in [0.717, 1.165) is 6.42 Å². The maximum Gasteiger partial charge on any atom is 0.310 e. The van der Waals surface area contributed by atoms with Crippen LogP contribution in [0.2, 0.25) is 0 Å². The zero-order valence-corrected chi connectivity index (χ0v) is 19.7. The Morgan fingerprint density at radius 3 is 2.50 bits per heavy atom. The number of ether oxygens (including phenoxy) is 1. The van der Waals surface area contributed by atoms with Gasteiger partial charge in [-0.1, -0.05) is 34.1 Å². The summed E-state index contributed by atoms with van der Waals surface area (Å²) in [5, 5.41) is 32.1. The number of Topliss-reactive ketones (excluding diaryl/α,β-unsaturated/α-hetero) is 2. The normalized spacial score (nSPS) is 31.5. The van der Waals surface area contributed by atoms with Crippen molar-refractivity contribution in [1.29, 1.82) is 0 Å². The fourth-order valence-electron chi connectivity index (χ4n) is 5.18. The SMILES string of the molecule is CCC(C)CC(C)C(=O)OC1(C)C(=O)c2c(cc(O)c3c2CC(O)CC3C)C(C)(O)C1=O. The van der Waals surface area contributed by atoms with E-state index >= 15 is 0 Å². The van der Waals surface area contributed by atoms with Gasteiger partial charge in [0.15, 0.2) is 5.60 Å². The van der Waals surface area contributed by atoms with Crippen LogP contribution in [0, 0.1) is 11.8 Å². The van der Waals surface area contributed by atoms with Crippen LogP contribution in [-0.2, 0) is 26.3 Å². The molecule has 32 heavy (non-hydrogen) atoms. The summed E-state index contributed by atoms with van der Waals surface area (Å²) in [4.78, 5) is 39.8. The van der Waals surface area contributed by atoms with E-state index in [1.54, 1.807) is 6.92 Å². The molecule has 6 unspecified atom stereocenters. The maximum absolute atomic E-state index is 13.7. The molecule has 0 amide bonds. The van der Waals surface area contributed by atoms with Crippen molar-refractivity contribution in [2.45, 2.75) is 90.4 Å². The van der Waals surface area contributed by atoms with Crippen molar-refractivity contribution >= 4 is 17.5 Å². The number of rotatable bonds is 5. The van der Waals surface area contributed by atoms with Crippen molar-refractivity contribution in [3.8, 4) is 5.75 Å². The number of aliphatic hydroxyl groups excluding tert-OH is 1. The lowest BCUT2D eigenvalue weighted by Crippen LogP contribution is -2.60. The van der Waals surface area contributed by atoms with Crippen molar-refractivity contribution in [2.75, 3.05) is 0 Å². The summed E-state index contributed by atoms with van der Waals surface area (Å²) in [6.07, 6.45) is 1.21. The van der Waals surface area contributed by atoms with Crippen molar-refractivity contribution < 1.29 is 34.4 Å². The molecule has 0 heterocycles. The van der Waals surface area contributed by atoms with Crippen molar-refractivity contribution in [1.82, 2.24) is 0 Å². The lowest BCUT2D eigenvalue weighted by molar-refractivity contribution is -0.173. The first-order valence-corrected chi connectivity index (χ1v) is 11.4. The molecular formula is C25H34O7. The molecule has 176 valence electrons. The van der Waals surface area contributed by atoms with Gasteiger partial charge in [-0.05, 0) is 56.6 Å². The second-order valence-electron chi connectivity index (χ2n) is 10.0. The summed E-state index contributed by atoms with van der Waals surface area (Å²) in [6.45, 7) is 10.0. The first-order chi connectivity index (χ1) is 14.7. The van der Waals surface area contributed by atoms with Gasteiger partial charge in [0.1, 0.15) is 5.75 Å². The summed E-state index contributed by atoms with van der Waals surface area (Å²) in [5.41, 5.74) is -3.40. The van der Waals surface area contributed by atoms with Gasteiger partial charge in [-0.3, -0.25) is 14.4 Å². The molecule has 2 aliphatic carbocycles. The van der Waals surface area contributed by atoms with Crippen molar-refractivity contribution in [3.05, 3.63) is 28.3 Å². The molecule has 0 aromatic heterocycles. The number of aliphatic hydroxyl groups is 2. The Kier molecular flexibility index (Phi) is 6.30. The third kappa shape index (κ3) is 3.75. The Morgan fingerprint density at radius 2 is 1.91 bits per heavy atom. The van der Waals surface area contributed by atoms with E-state index in [1.807, 2.05) is 20.8 Å². The number of hydrogen-bond donors (Lipinski definition) is 3. The molecule has 0 bridgehead atoms. The lowest BCUT2D eigenvalue weighted by Gasteiger charge is -2.42. The van der Waals surface area contributed by atoms with Gasteiger partial charge in [-0.15, -0.1) is 0 Å². The van der Waals surface area contributed by atoms with Gasteiger partial charge in [0.05, 0.1) is 12.0 Å². The predicted octanol–water partition coefficient (Wildman–Crippen LogP) is 3.15. The molecule has 1 aromatic carbocycles. The third-order valence-electron chi connectivity index (χ3n) is 7.23. The molecular weight excluding hydrogens is 412 g/mol. The summed E-state index contributed by atoms with van der Waals surface area (Å²) >= 11 is 0. The molecule has 3 rings (SSSR count). The van der Waals surface area contributed by atoms with E-state index in [1.165, 1.54) is 19.9 Å². The Hall–Kier alpha value is -2.25. The minimum absolute atomic E-state index is 0.0220. The van der Waals surface area contributed by atoms with Gasteiger partial charge in [0, 0.05) is 16.7 Å². The van der Waals surface area contributed by atoms with Crippen LogP contribution in [0.1, 0.15) is 93.8 Å². The molecule has 0 saturated carbocycles. The number of carbonyl (C=O) groups is 3. The monoisotopic (exact) mass is 446 g/mol. The summed E-state index contributed by atoms with van der Waals surface area (Å²) in [5.74, 6) is -2.95. The number of ketones is 2. The largest absolute Gasteiger partial charge is 0.508 e. The molecule has 0 saturated heterocycles. The highest BCUT2D eigenvalue weighted by Gasteiger charge is 2.59. The van der Waals surface area contributed by atoms with Gasteiger partial charge in [0.25, 0.3) is 0 Å². The Labute approximate surface area is 188 Å². The molecule has 7 heteroatoms. The lowest BCUT2D eigenvalue weighted by atomic mass is 9.66.